The molecule has 1 N–H and O–H groups in total. The number of ether oxygens (including phenoxy) is 1. The van der Waals surface area contributed by atoms with Crippen LogP contribution in [0.5, 0.6) is 0 Å². The Morgan fingerprint density at radius 3 is 2.47 bits per heavy atom. The molecule has 7 heteroatoms. The number of hydrogen-bond acceptors (Lipinski definition) is 3. The van der Waals surface area contributed by atoms with Crippen LogP contribution in [0.4, 0.5) is 13.6 Å². The minimum absolute atomic E-state index is 0.688. The van der Waals surface area contributed by atoms with Gasteiger partial charge in [-0.1, -0.05) is 5.92 Å². The maximum absolute atomic E-state index is 13.3. The van der Waals surface area contributed by atoms with Crippen molar-refractivity contribution >= 4 is 12.1 Å². The molecule has 0 radical (unpaired) electrons. The van der Waals surface area contributed by atoms with Gasteiger partial charge in [-0.25, -0.2) is 18.4 Å². The van der Waals surface area contributed by atoms with Gasteiger partial charge in [0.2, 0.25) is 0 Å². The number of carbonyl (C=O) groups excluding carboxylic acids is 1. The van der Waals surface area contributed by atoms with Gasteiger partial charge in [0, 0.05) is 12.3 Å². The van der Waals surface area contributed by atoms with Crippen molar-refractivity contribution in [1.29, 1.82) is 0 Å². The van der Waals surface area contributed by atoms with Crippen LogP contribution in [0, 0.1) is 11.8 Å². The molecule has 1 aliphatic rings. The Bertz CT molecular complexity index is 445. The van der Waals surface area contributed by atoms with E-state index >= 15 is 0 Å². The maximum Gasteiger partial charge on any atom is 0.411 e. The molecule has 0 unspecified atom stereocenters. The van der Waals surface area contributed by atoms with E-state index in [0.717, 1.165) is 4.90 Å². The smallest absolute Gasteiger partial charge is 0.411 e. The fourth-order valence-electron chi connectivity index (χ4n) is 1.60. The second-order valence-electron chi connectivity index (χ2n) is 5.26. The Hall–Kier alpha value is -1.84. The van der Waals surface area contributed by atoms with E-state index in [1.807, 2.05) is 0 Å². The molecule has 0 bridgehead atoms. The average molecular weight is 275 g/mol. The number of likely N-dealkylation sites (tertiary alicyclic amines) is 1. The summed E-state index contributed by atoms with van der Waals surface area (Å²) in [5.74, 6) is -0.614. The number of carbonyl (C=O) groups is 2. The molecule has 1 amide bonds. The zero-order valence-corrected chi connectivity index (χ0v) is 10.9. The summed E-state index contributed by atoms with van der Waals surface area (Å²) in [6.07, 6.45) is -1.61. The highest BCUT2D eigenvalue weighted by Crippen LogP contribution is 2.32. The molecule has 5 nitrogen and oxygen atoms in total. The molecule has 0 aromatic rings. The molecule has 1 fully saturated rings. The van der Waals surface area contributed by atoms with E-state index in [1.165, 1.54) is 0 Å². The normalized spacial score (nSPS) is 21.5. The molecular weight excluding hydrogens is 260 g/mol. The lowest BCUT2D eigenvalue weighted by Crippen LogP contribution is -2.40. The Morgan fingerprint density at radius 2 is 2.00 bits per heavy atom. The van der Waals surface area contributed by atoms with Crippen molar-refractivity contribution in [2.24, 2.45) is 0 Å². The van der Waals surface area contributed by atoms with Crippen LogP contribution in [0.3, 0.4) is 0 Å². The van der Waals surface area contributed by atoms with Crippen LogP contribution in [-0.4, -0.2) is 46.2 Å². The first-order valence-corrected chi connectivity index (χ1v) is 5.62. The van der Waals surface area contributed by atoms with Gasteiger partial charge in [-0.3, -0.25) is 4.90 Å². The topological polar surface area (TPSA) is 66.8 Å². The summed E-state index contributed by atoms with van der Waals surface area (Å²) in [4.78, 5) is 22.9. The van der Waals surface area contributed by atoms with Crippen LogP contribution in [0.15, 0.2) is 0 Å². The summed E-state index contributed by atoms with van der Waals surface area (Å²) in [5, 5.41) is 8.42. The summed E-state index contributed by atoms with van der Waals surface area (Å²) in [6, 6.07) is -1.15. The third-order valence-electron chi connectivity index (χ3n) is 2.24. The second kappa shape index (κ2) is 5.03. The third kappa shape index (κ3) is 4.73. The molecule has 1 saturated heterocycles. The van der Waals surface area contributed by atoms with Crippen LogP contribution in [0.2, 0.25) is 0 Å². The molecule has 0 spiro atoms. The van der Waals surface area contributed by atoms with Crippen molar-refractivity contribution in [1.82, 2.24) is 4.90 Å². The van der Waals surface area contributed by atoms with Crippen LogP contribution in [0.25, 0.3) is 0 Å². The molecule has 0 aromatic heterocycles. The number of rotatable bonds is 0. The minimum atomic E-state index is -3.09. The summed E-state index contributed by atoms with van der Waals surface area (Å²) in [5.41, 5.74) is -0.820. The van der Waals surface area contributed by atoms with Gasteiger partial charge in [-0.15, -0.1) is 0 Å². The summed E-state index contributed by atoms with van der Waals surface area (Å²) in [6.45, 7) is 4.01. The fraction of sp³-hybridized carbons (Fsp3) is 0.667. The molecule has 106 valence electrons. The molecule has 1 heterocycles. The Morgan fingerprint density at radius 1 is 1.42 bits per heavy atom. The van der Waals surface area contributed by atoms with Gasteiger partial charge in [0.1, 0.15) is 11.6 Å². The van der Waals surface area contributed by atoms with Crippen LogP contribution in [-0.2, 0) is 9.53 Å². The fourth-order valence-corrected chi connectivity index (χ4v) is 1.60. The molecule has 0 aliphatic carbocycles. The monoisotopic (exact) mass is 275 g/mol. The van der Waals surface area contributed by atoms with Gasteiger partial charge < -0.3 is 9.84 Å². The van der Waals surface area contributed by atoms with Crippen molar-refractivity contribution in [2.45, 2.75) is 44.8 Å². The Balaban J connectivity index is 2.87. The molecule has 0 aromatic carbocycles. The first kappa shape index (κ1) is 15.2. The van der Waals surface area contributed by atoms with Crippen LogP contribution in [0.1, 0.15) is 27.2 Å². The van der Waals surface area contributed by atoms with Crippen molar-refractivity contribution < 1.29 is 28.2 Å². The third-order valence-corrected chi connectivity index (χ3v) is 2.24. The standard InChI is InChI=1S/C12H15F2NO4/c1-11(2,3)19-10(18)15-7-12(13,14)6-8(15)4-5-9(16)17/h8H,6-7H2,1-3H3,(H,16,17)/t8-/m1/s1. The van der Waals surface area contributed by atoms with E-state index < -0.39 is 42.6 Å². The summed E-state index contributed by atoms with van der Waals surface area (Å²) in [7, 11) is 0. The average Bonchev–Trinajstić information content (AvgIpc) is 2.48. The van der Waals surface area contributed by atoms with Gasteiger partial charge >= 0.3 is 12.1 Å². The van der Waals surface area contributed by atoms with Crippen molar-refractivity contribution in [3.63, 3.8) is 0 Å². The zero-order valence-electron chi connectivity index (χ0n) is 10.9. The Labute approximate surface area is 109 Å². The Kier molecular flexibility index (Phi) is 4.03. The number of amides is 1. The molecule has 0 saturated carbocycles. The predicted octanol–water partition coefficient (Wildman–Crippen LogP) is 1.72. The highest BCUT2D eigenvalue weighted by atomic mass is 19.3. The van der Waals surface area contributed by atoms with Crippen molar-refractivity contribution in [3.05, 3.63) is 0 Å². The first-order chi connectivity index (χ1) is 8.50. The SMILES string of the molecule is CC(C)(C)OC(=O)N1CC(F)(F)C[C@H]1C#CC(=O)O. The maximum atomic E-state index is 13.3. The first-order valence-electron chi connectivity index (χ1n) is 5.62. The molecular formula is C12H15F2NO4. The number of carboxylic acids is 1. The highest BCUT2D eigenvalue weighted by Gasteiger charge is 2.47. The lowest BCUT2D eigenvalue weighted by molar-refractivity contribution is -0.130. The van der Waals surface area contributed by atoms with E-state index in [0.29, 0.717) is 0 Å². The van der Waals surface area contributed by atoms with E-state index in [1.54, 1.807) is 26.7 Å². The number of hydrogen-bond donors (Lipinski definition) is 1. The summed E-state index contributed by atoms with van der Waals surface area (Å²) >= 11 is 0. The van der Waals surface area contributed by atoms with Crippen LogP contribution < -0.4 is 0 Å². The number of nitrogens with zero attached hydrogens (tertiary/aromatic N) is 1. The number of carboxylic acid groups (broad SMARTS) is 1. The molecule has 19 heavy (non-hydrogen) atoms. The number of alkyl halides is 2. The largest absolute Gasteiger partial charge is 0.472 e. The zero-order chi connectivity index (χ0) is 14.8. The summed E-state index contributed by atoms with van der Waals surface area (Å²) < 4.78 is 31.6. The number of aliphatic carboxylic acids is 1. The minimum Gasteiger partial charge on any atom is -0.472 e. The highest BCUT2D eigenvalue weighted by molar-refractivity contribution is 5.86. The van der Waals surface area contributed by atoms with Gasteiger partial charge in [-0.2, -0.15) is 0 Å². The lowest BCUT2D eigenvalue weighted by Gasteiger charge is -2.26. The molecule has 1 rings (SSSR count). The van der Waals surface area contributed by atoms with Gasteiger partial charge in [0.25, 0.3) is 5.92 Å². The van der Waals surface area contributed by atoms with Crippen molar-refractivity contribution in [2.75, 3.05) is 6.54 Å². The molecule has 1 atom stereocenters. The van der Waals surface area contributed by atoms with Gasteiger partial charge in [0.05, 0.1) is 6.54 Å². The van der Waals surface area contributed by atoms with E-state index in [9.17, 15) is 18.4 Å². The second-order valence-corrected chi connectivity index (χ2v) is 5.26. The van der Waals surface area contributed by atoms with E-state index in [4.69, 9.17) is 9.84 Å². The molecule has 1 aliphatic heterocycles. The van der Waals surface area contributed by atoms with Gasteiger partial charge in [0.15, 0.2) is 0 Å². The predicted molar refractivity (Wildman–Crippen MR) is 61.7 cm³/mol. The van der Waals surface area contributed by atoms with Crippen LogP contribution >= 0.6 is 0 Å². The van der Waals surface area contributed by atoms with Gasteiger partial charge in [-0.05, 0) is 20.8 Å². The quantitative estimate of drug-likeness (QED) is 0.683. The van der Waals surface area contributed by atoms with Crippen molar-refractivity contribution in [3.8, 4) is 11.8 Å². The number of halogens is 2. The lowest BCUT2D eigenvalue weighted by atomic mass is 10.2. The van der Waals surface area contributed by atoms with E-state index in [2.05, 4.69) is 5.92 Å². The van der Waals surface area contributed by atoms with E-state index in [-0.39, 0.29) is 0 Å².